The summed E-state index contributed by atoms with van der Waals surface area (Å²) in [4.78, 5) is 23.7. The van der Waals surface area contributed by atoms with Gasteiger partial charge in [0, 0.05) is 26.0 Å². The molecule has 0 spiro atoms. The van der Waals surface area contributed by atoms with Crippen LogP contribution in [0.3, 0.4) is 0 Å². The lowest BCUT2D eigenvalue weighted by Crippen LogP contribution is -2.29. The highest BCUT2D eigenvalue weighted by molar-refractivity contribution is 5.97. The number of hydrogen-bond acceptors (Lipinski definition) is 4. The van der Waals surface area contributed by atoms with Crippen LogP contribution in [0.25, 0.3) is 0 Å². The smallest absolute Gasteiger partial charge is 0.306 e. The van der Waals surface area contributed by atoms with Gasteiger partial charge in [0.25, 0.3) is 0 Å². The van der Waals surface area contributed by atoms with Crippen LogP contribution in [0.5, 0.6) is 0 Å². The van der Waals surface area contributed by atoms with Crippen molar-refractivity contribution in [2.45, 2.75) is 50.7 Å². The molecule has 1 saturated carbocycles. The maximum atomic E-state index is 13.5. The van der Waals surface area contributed by atoms with Gasteiger partial charge in [-0.25, -0.2) is 8.78 Å². The van der Waals surface area contributed by atoms with Crippen molar-refractivity contribution in [1.29, 1.82) is 0 Å². The molecule has 0 heterocycles. The quantitative estimate of drug-likeness (QED) is 0.594. The number of benzene rings is 1. The highest BCUT2D eigenvalue weighted by atomic mass is 19.1. The van der Waals surface area contributed by atoms with Gasteiger partial charge >= 0.3 is 5.97 Å². The number of methoxy groups -OCH3 is 1. The minimum absolute atomic E-state index is 0.0940. The molecule has 6 heteroatoms. The van der Waals surface area contributed by atoms with Crippen LogP contribution in [0, 0.1) is 11.6 Å². The fraction of sp³-hybridized carbons (Fsp3) is 0.529. The number of hydrogen-bond donors (Lipinski definition) is 0. The molecule has 23 heavy (non-hydrogen) atoms. The second-order valence-corrected chi connectivity index (χ2v) is 5.68. The Balaban J connectivity index is 1.80. The van der Waals surface area contributed by atoms with Crippen molar-refractivity contribution >= 4 is 11.8 Å². The first-order valence-electron chi connectivity index (χ1n) is 7.70. The van der Waals surface area contributed by atoms with Gasteiger partial charge in [-0.05, 0) is 31.4 Å². The molecular formula is C17H20F2O4. The molecule has 0 aromatic heterocycles. The summed E-state index contributed by atoms with van der Waals surface area (Å²) < 4.78 is 36.9. The molecule has 0 aliphatic heterocycles. The fourth-order valence-corrected chi connectivity index (χ4v) is 2.73. The van der Waals surface area contributed by atoms with Crippen molar-refractivity contribution in [3.63, 3.8) is 0 Å². The lowest BCUT2D eigenvalue weighted by Gasteiger charge is -2.27. The molecule has 0 bridgehead atoms. The molecule has 4 nitrogen and oxygen atoms in total. The third kappa shape index (κ3) is 5.10. The maximum Gasteiger partial charge on any atom is 0.306 e. The number of ketones is 1. The third-order valence-electron chi connectivity index (χ3n) is 4.00. The van der Waals surface area contributed by atoms with E-state index in [2.05, 4.69) is 0 Å². The first kappa shape index (κ1) is 17.5. The second kappa shape index (κ2) is 8.15. The maximum absolute atomic E-state index is 13.5. The first-order chi connectivity index (χ1) is 11.0. The Labute approximate surface area is 133 Å². The lowest BCUT2D eigenvalue weighted by molar-refractivity contribution is -0.152. The van der Waals surface area contributed by atoms with E-state index >= 15 is 0 Å². The van der Waals surface area contributed by atoms with E-state index in [4.69, 9.17) is 9.47 Å². The van der Waals surface area contributed by atoms with Crippen molar-refractivity contribution in [2.75, 3.05) is 7.11 Å². The van der Waals surface area contributed by atoms with E-state index in [1.807, 2.05) is 0 Å². The summed E-state index contributed by atoms with van der Waals surface area (Å²) in [5.41, 5.74) is -0.212. The second-order valence-electron chi connectivity index (χ2n) is 5.68. The van der Waals surface area contributed by atoms with Crippen LogP contribution in [0.1, 0.15) is 48.9 Å². The van der Waals surface area contributed by atoms with Crippen molar-refractivity contribution in [2.24, 2.45) is 0 Å². The largest absolute Gasteiger partial charge is 0.462 e. The van der Waals surface area contributed by atoms with E-state index in [9.17, 15) is 18.4 Å². The average Bonchev–Trinajstić information content (AvgIpc) is 2.53. The molecule has 1 aromatic carbocycles. The van der Waals surface area contributed by atoms with E-state index in [1.165, 1.54) is 0 Å². The van der Waals surface area contributed by atoms with E-state index in [1.54, 1.807) is 7.11 Å². The Kier molecular flexibility index (Phi) is 6.21. The zero-order valence-electron chi connectivity index (χ0n) is 13.0. The summed E-state index contributed by atoms with van der Waals surface area (Å²) in [6.45, 7) is 0. The van der Waals surface area contributed by atoms with E-state index < -0.39 is 23.4 Å². The number of ether oxygens (including phenoxy) is 2. The molecule has 0 unspecified atom stereocenters. The van der Waals surface area contributed by atoms with E-state index in [0.29, 0.717) is 12.5 Å². The Morgan fingerprint density at radius 3 is 2.61 bits per heavy atom. The summed E-state index contributed by atoms with van der Waals surface area (Å²) in [7, 11) is 1.63. The molecule has 1 aliphatic rings. The molecule has 126 valence electrons. The van der Waals surface area contributed by atoms with Crippen molar-refractivity contribution in [1.82, 2.24) is 0 Å². The van der Waals surface area contributed by atoms with Gasteiger partial charge in [0.1, 0.15) is 17.7 Å². The van der Waals surface area contributed by atoms with Crippen LogP contribution in [0.15, 0.2) is 18.2 Å². The average molecular weight is 326 g/mol. The Morgan fingerprint density at radius 2 is 1.91 bits per heavy atom. The number of halogens is 2. The fourth-order valence-electron chi connectivity index (χ4n) is 2.73. The molecule has 1 fully saturated rings. The highest BCUT2D eigenvalue weighted by Crippen LogP contribution is 2.23. The predicted molar refractivity (Wildman–Crippen MR) is 79.1 cm³/mol. The van der Waals surface area contributed by atoms with E-state index in [0.717, 1.165) is 31.4 Å². The standard InChI is InChI=1S/C17H20F2O4/c1-22-12-3-2-4-13(10-12)23-17(21)8-7-16(20)14-6-5-11(18)9-15(14)19/h5-6,9,12-13H,2-4,7-8,10H2,1H3/t12-,13-/m0/s1. The predicted octanol–water partition coefficient (Wildman–Crippen LogP) is 3.43. The number of carbonyl (C=O) groups excluding carboxylic acids is 2. The summed E-state index contributed by atoms with van der Waals surface area (Å²) in [5, 5.41) is 0. The first-order valence-corrected chi connectivity index (χ1v) is 7.70. The van der Waals surface area contributed by atoms with E-state index in [-0.39, 0.29) is 30.6 Å². The minimum atomic E-state index is -0.918. The summed E-state index contributed by atoms with van der Waals surface area (Å²) in [5.74, 6) is -2.69. The monoisotopic (exact) mass is 326 g/mol. The Hall–Kier alpha value is -1.82. The molecule has 2 atom stereocenters. The molecule has 2 rings (SSSR count). The third-order valence-corrected chi connectivity index (χ3v) is 4.00. The van der Waals surface area contributed by atoms with Crippen LogP contribution in [0.4, 0.5) is 8.78 Å². The topological polar surface area (TPSA) is 52.6 Å². The van der Waals surface area contributed by atoms with Gasteiger partial charge in [0.05, 0.1) is 18.1 Å². The normalized spacial score (nSPS) is 21.0. The van der Waals surface area contributed by atoms with Gasteiger partial charge in [-0.2, -0.15) is 0 Å². The number of carbonyl (C=O) groups is 2. The number of Topliss-reactive ketones (excluding diaryl/α,β-unsaturated/α-hetero) is 1. The number of esters is 1. The molecule has 0 amide bonds. The van der Waals surface area contributed by atoms with Crippen molar-refractivity contribution < 1.29 is 27.8 Å². The molecule has 0 N–H and O–H groups in total. The Morgan fingerprint density at radius 1 is 1.17 bits per heavy atom. The van der Waals surface area contributed by atoms with Gasteiger partial charge in [-0.3, -0.25) is 9.59 Å². The molecule has 0 radical (unpaired) electrons. The van der Waals surface area contributed by atoms with Crippen molar-refractivity contribution in [3.05, 3.63) is 35.4 Å². The summed E-state index contributed by atoms with van der Waals surface area (Å²) >= 11 is 0. The SMILES string of the molecule is CO[C@H]1CCC[C@H](OC(=O)CCC(=O)c2ccc(F)cc2F)C1. The molecule has 0 saturated heterocycles. The summed E-state index contributed by atoms with van der Waals surface area (Å²) in [6.07, 6.45) is 2.93. The van der Waals surface area contributed by atoms with Gasteiger partial charge in [-0.15, -0.1) is 0 Å². The number of rotatable bonds is 6. The van der Waals surface area contributed by atoms with Crippen molar-refractivity contribution in [3.8, 4) is 0 Å². The Bertz CT molecular complexity index is 574. The zero-order valence-corrected chi connectivity index (χ0v) is 13.0. The van der Waals surface area contributed by atoms with Crippen LogP contribution in [0.2, 0.25) is 0 Å². The highest BCUT2D eigenvalue weighted by Gasteiger charge is 2.25. The van der Waals surface area contributed by atoms with Crippen LogP contribution in [-0.2, 0) is 14.3 Å². The lowest BCUT2D eigenvalue weighted by atomic mass is 9.95. The zero-order chi connectivity index (χ0) is 16.8. The minimum Gasteiger partial charge on any atom is -0.462 e. The van der Waals surface area contributed by atoms with Crippen LogP contribution >= 0.6 is 0 Å². The van der Waals surface area contributed by atoms with Gasteiger partial charge in [0.15, 0.2) is 5.78 Å². The van der Waals surface area contributed by atoms with Crippen LogP contribution < -0.4 is 0 Å². The molecule has 1 aromatic rings. The molecule has 1 aliphatic carbocycles. The molecular weight excluding hydrogens is 306 g/mol. The summed E-state index contributed by atoms with van der Waals surface area (Å²) in [6, 6.07) is 2.75. The van der Waals surface area contributed by atoms with Gasteiger partial charge in [-0.1, -0.05) is 0 Å². The van der Waals surface area contributed by atoms with Gasteiger partial charge < -0.3 is 9.47 Å². The van der Waals surface area contributed by atoms with Gasteiger partial charge in [0.2, 0.25) is 0 Å². The van der Waals surface area contributed by atoms with Crippen LogP contribution in [-0.4, -0.2) is 31.1 Å².